The summed E-state index contributed by atoms with van der Waals surface area (Å²) in [6.07, 6.45) is 2.06. The molecule has 4 bridgehead atoms. The number of rotatable bonds is 4. The van der Waals surface area contributed by atoms with Gasteiger partial charge in [-0.1, -0.05) is 42.0 Å². The quantitative estimate of drug-likeness (QED) is 0.259. The first-order valence-electron chi connectivity index (χ1n) is 13.2. The van der Waals surface area contributed by atoms with E-state index in [1.807, 2.05) is 31.2 Å². The maximum atomic E-state index is 15.3. The fourth-order valence-corrected chi connectivity index (χ4v) is 5.59. The van der Waals surface area contributed by atoms with Gasteiger partial charge >= 0.3 is 0 Å². The molecule has 0 saturated carbocycles. The average molecular weight is 575 g/mol. The van der Waals surface area contributed by atoms with Crippen molar-refractivity contribution in [1.29, 1.82) is 0 Å². The number of hydrogen-bond acceptors (Lipinski definition) is 7. The Kier molecular flexibility index (Phi) is 7.74. The van der Waals surface area contributed by atoms with Crippen LogP contribution < -0.4 is 20.7 Å². The molecule has 5 rings (SSSR count). The maximum Gasteiger partial charge on any atom is 0.240 e. The summed E-state index contributed by atoms with van der Waals surface area (Å²) in [4.78, 5) is 22.2. The monoisotopic (exact) mass is 574 g/mol. The van der Waals surface area contributed by atoms with Gasteiger partial charge in [-0.05, 0) is 68.7 Å². The first-order valence-corrected chi connectivity index (χ1v) is 14.7. The van der Waals surface area contributed by atoms with Gasteiger partial charge in [0.05, 0.1) is 16.0 Å². The van der Waals surface area contributed by atoms with Gasteiger partial charge in [-0.2, -0.15) is 4.98 Å². The molecule has 0 saturated heterocycles. The van der Waals surface area contributed by atoms with E-state index in [1.165, 1.54) is 24.3 Å². The van der Waals surface area contributed by atoms with Crippen LogP contribution in [0, 0.1) is 12.7 Å². The third kappa shape index (κ3) is 6.21. The first-order chi connectivity index (χ1) is 19.5. The number of nitrogens with zero attached hydrogens (tertiary/aromatic N) is 2. The van der Waals surface area contributed by atoms with Crippen LogP contribution in [0.4, 0.5) is 27.5 Å². The largest absolute Gasteiger partial charge is 0.369 e. The van der Waals surface area contributed by atoms with E-state index in [0.29, 0.717) is 35.6 Å². The van der Waals surface area contributed by atoms with Gasteiger partial charge in [-0.3, -0.25) is 4.79 Å². The van der Waals surface area contributed by atoms with E-state index in [2.05, 4.69) is 30.6 Å². The number of amides is 1. The Hall–Kier alpha value is -4.35. The fraction of sp³-hybridized carbons (Fsp3) is 0.233. The van der Waals surface area contributed by atoms with E-state index in [4.69, 9.17) is 0 Å². The normalized spacial score (nSPS) is 14.8. The number of aromatic nitrogens is 2. The van der Waals surface area contributed by atoms with Crippen molar-refractivity contribution in [2.45, 2.75) is 37.5 Å². The van der Waals surface area contributed by atoms with Crippen LogP contribution in [0.15, 0.2) is 77.8 Å². The molecule has 4 aromatic rings. The SMILES string of the molecule is Cc1cccc(C(C)(C)C(=O)Nc2ccc(-c3cnc4nc3NCCCNS(=O)(=O)c3cccc(c3)N4)cc2F)c1. The Labute approximate surface area is 238 Å². The Morgan fingerprint density at radius 2 is 1.83 bits per heavy atom. The molecule has 1 aromatic heterocycles. The van der Waals surface area contributed by atoms with Crippen LogP contribution in [0.3, 0.4) is 0 Å². The molecule has 212 valence electrons. The first kappa shape index (κ1) is 28.2. The minimum Gasteiger partial charge on any atom is -0.369 e. The molecule has 0 spiro atoms. The van der Waals surface area contributed by atoms with Crippen molar-refractivity contribution in [1.82, 2.24) is 14.7 Å². The van der Waals surface area contributed by atoms with E-state index in [1.54, 1.807) is 38.2 Å². The summed E-state index contributed by atoms with van der Waals surface area (Å²) in [6, 6.07) is 18.6. The molecule has 4 N–H and O–H groups in total. The predicted octanol–water partition coefficient (Wildman–Crippen LogP) is 5.34. The molecular formula is C30H31FN6O3S. The van der Waals surface area contributed by atoms with Gasteiger partial charge in [0.1, 0.15) is 11.6 Å². The summed E-state index contributed by atoms with van der Waals surface area (Å²) in [5.41, 5.74) is 2.64. The van der Waals surface area contributed by atoms with Gasteiger partial charge in [-0.25, -0.2) is 22.5 Å². The van der Waals surface area contributed by atoms with Crippen LogP contribution in [-0.2, 0) is 20.2 Å². The van der Waals surface area contributed by atoms with Gasteiger partial charge in [0.2, 0.25) is 21.9 Å². The Balaban J connectivity index is 1.41. The number of nitrogens with one attached hydrogen (secondary N) is 4. The lowest BCUT2D eigenvalue weighted by atomic mass is 9.83. The van der Waals surface area contributed by atoms with Crippen LogP contribution in [0.1, 0.15) is 31.4 Å². The van der Waals surface area contributed by atoms with E-state index in [9.17, 15) is 13.2 Å². The van der Waals surface area contributed by atoms with Crippen LogP contribution in [0.5, 0.6) is 0 Å². The third-order valence-electron chi connectivity index (χ3n) is 6.96. The van der Waals surface area contributed by atoms with Gasteiger partial charge in [-0.15, -0.1) is 0 Å². The molecule has 2 heterocycles. The number of fused-ring (bicyclic) bond motifs is 4. The Bertz CT molecular complexity index is 1730. The highest BCUT2D eigenvalue weighted by Crippen LogP contribution is 2.32. The van der Waals surface area contributed by atoms with Crippen molar-refractivity contribution in [2.75, 3.05) is 29.0 Å². The van der Waals surface area contributed by atoms with Gasteiger partial charge in [0.25, 0.3) is 0 Å². The van der Waals surface area contributed by atoms with Gasteiger partial charge in [0, 0.05) is 30.5 Å². The Morgan fingerprint density at radius 3 is 2.61 bits per heavy atom. The molecule has 1 aliphatic rings. The second-order valence-corrected chi connectivity index (χ2v) is 12.2. The third-order valence-corrected chi connectivity index (χ3v) is 8.42. The molecular weight excluding hydrogens is 543 g/mol. The van der Waals surface area contributed by atoms with Crippen molar-refractivity contribution in [3.8, 4) is 11.1 Å². The summed E-state index contributed by atoms with van der Waals surface area (Å²) < 4.78 is 43.1. The van der Waals surface area contributed by atoms with Crippen LogP contribution in [0.2, 0.25) is 0 Å². The zero-order valence-electron chi connectivity index (χ0n) is 23.0. The zero-order valence-corrected chi connectivity index (χ0v) is 23.8. The lowest BCUT2D eigenvalue weighted by molar-refractivity contribution is -0.120. The second-order valence-electron chi connectivity index (χ2n) is 10.4. The number of anilines is 4. The molecule has 0 unspecified atom stereocenters. The molecule has 3 aromatic carbocycles. The van der Waals surface area contributed by atoms with E-state index < -0.39 is 21.3 Å². The number of aryl methyl sites for hydroxylation is 1. The zero-order chi connectivity index (χ0) is 29.2. The van der Waals surface area contributed by atoms with Crippen molar-refractivity contribution >= 4 is 39.1 Å². The number of hydrogen-bond donors (Lipinski definition) is 4. The molecule has 0 atom stereocenters. The van der Waals surface area contributed by atoms with Crippen molar-refractivity contribution in [3.63, 3.8) is 0 Å². The maximum absolute atomic E-state index is 15.3. The van der Waals surface area contributed by atoms with Crippen molar-refractivity contribution in [3.05, 3.63) is 89.9 Å². The van der Waals surface area contributed by atoms with E-state index >= 15 is 4.39 Å². The summed E-state index contributed by atoms with van der Waals surface area (Å²) in [7, 11) is -3.66. The summed E-state index contributed by atoms with van der Waals surface area (Å²) >= 11 is 0. The highest BCUT2D eigenvalue weighted by atomic mass is 32.2. The van der Waals surface area contributed by atoms with Gasteiger partial charge in [0.15, 0.2) is 0 Å². The summed E-state index contributed by atoms with van der Waals surface area (Å²) in [6.45, 7) is 6.20. The molecule has 0 fully saturated rings. The molecule has 1 aliphatic heterocycles. The highest BCUT2D eigenvalue weighted by Gasteiger charge is 2.30. The summed E-state index contributed by atoms with van der Waals surface area (Å²) in [5, 5.41) is 8.98. The number of halogens is 1. The Morgan fingerprint density at radius 1 is 1.02 bits per heavy atom. The number of sulfonamides is 1. The lowest BCUT2D eigenvalue weighted by Crippen LogP contribution is -2.35. The molecule has 9 nitrogen and oxygen atoms in total. The summed E-state index contributed by atoms with van der Waals surface area (Å²) in [5.74, 6) is -0.215. The standard InChI is InChI=1S/C30H31FN6O3S/c1-19-7-4-8-21(15-19)30(2,3)28(38)36-26-12-11-20(16-25(26)31)24-18-33-29-35-22-9-5-10-23(17-22)41(39,40)34-14-6-13-32-27(24)37-29/h4-5,7-12,15-18,34H,6,13-14H2,1-3H3,(H,36,38)(H2,32,33,35,37). The van der Waals surface area contributed by atoms with Crippen molar-refractivity contribution < 1.29 is 17.6 Å². The minimum atomic E-state index is -3.66. The lowest BCUT2D eigenvalue weighted by Gasteiger charge is -2.25. The predicted molar refractivity (Wildman–Crippen MR) is 158 cm³/mol. The van der Waals surface area contributed by atoms with Crippen molar-refractivity contribution in [2.24, 2.45) is 0 Å². The average Bonchev–Trinajstić information content (AvgIpc) is 2.94. The minimum absolute atomic E-state index is 0.0683. The van der Waals surface area contributed by atoms with Crippen LogP contribution >= 0.6 is 0 Å². The number of carbonyl (C=O) groups is 1. The topological polar surface area (TPSA) is 125 Å². The van der Waals surface area contributed by atoms with Crippen LogP contribution in [0.25, 0.3) is 11.1 Å². The molecule has 11 heteroatoms. The highest BCUT2D eigenvalue weighted by molar-refractivity contribution is 7.89. The second kappa shape index (κ2) is 11.3. The van der Waals surface area contributed by atoms with Crippen LogP contribution in [-0.4, -0.2) is 37.4 Å². The van der Waals surface area contributed by atoms with E-state index in [-0.39, 0.29) is 29.0 Å². The molecule has 0 aliphatic carbocycles. The molecule has 1 amide bonds. The molecule has 0 radical (unpaired) electrons. The van der Waals surface area contributed by atoms with Gasteiger partial charge < -0.3 is 16.0 Å². The van der Waals surface area contributed by atoms with E-state index in [0.717, 1.165) is 11.1 Å². The number of carbonyl (C=O) groups excluding carboxylic acids is 1. The molecule has 41 heavy (non-hydrogen) atoms. The number of benzene rings is 3. The smallest absolute Gasteiger partial charge is 0.240 e. The fourth-order valence-electron chi connectivity index (χ4n) is 4.47.